The first kappa shape index (κ1) is 15.0. The molecule has 0 bridgehead atoms. The molecule has 21 heavy (non-hydrogen) atoms. The molecule has 0 saturated carbocycles. The Balaban J connectivity index is 1.94. The smallest absolute Gasteiger partial charge is 0.253 e. The predicted octanol–water partition coefficient (Wildman–Crippen LogP) is 2.87. The lowest BCUT2D eigenvalue weighted by atomic mass is 10.1. The average molecular weight is 283 g/mol. The van der Waals surface area contributed by atoms with Crippen LogP contribution in [0.5, 0.6) is 0 Å². The lowest BCUT2D eigenvalue weighted by Gasteiger charge is -2.14. The van der Waals surface area contributed by atoms with Gasteiger partial charge in [-0.3, -0.25) is 9.78 Å². The number of para-hydroxylation sites is 1. The molecular formula is C17H21N3O. The minimum atomic E-state index is -0.0605. The lowest BCUT2D eigenvalue weighted by Crippen LogP contribution is -2.27. The number of nitrogens with one attached hydrogen (secondary N) is 2. The van der Waals surface area contributed by atoms with Gasteiger partial charge in [-0.2, -0.15) is 0 Å². The molecule has 0 radical (unpaired) electrons. The second-order valence-corrected chi connectivity index (χ2v) is 5.17. The van der Waals surface area contributed by atoms with E-state index in [1.807, 2.05) is 42.5 Å². The zero-order valence-corrected chi connectivity index (χ0v) is 12.5. The Morgan fingerprint density at radius 2 is 1.90 bits per heavy atom. The van der Waals surface area contributed by atoms with Gasteiger partial charge in [0.1, 0.15) is 0 Å². The number of hydrogen-bond donors (Lipinski definition) is 2. The van der Waals surface area contributed by atoms with E-state index in [1.54, 1.807) is 6.20 Å². The minimum Gasteiger partial charge on any atom is -0.382 e. The van der Waals surface area contributed by atoms with E-state index in [2.05, 4.69) is 29.5 Å². The van der Waals surface area contributed by atoms with Crippen LogP contribution in [0.3, 0.4) is 0 Å². The summed E-state index contributed by atoms with van der Waals surface area (Å²) in [5, 5.41) is 6.23. The van der Waals surface area contributed by atoms with E-state index >= 15 is 0 Å². The molecule has 4 nitrogen and oxygen atoms in total. The number of nitrogens with zero attached hydrogens (tertiary/aromatic N) is 1. The summed E-state index contributed by atoms with van der Waals surface area (Å²) in [5.41, 5.74) is 2.52. The summed E-state index contributed by atoms with van der Waals surface area (Å²) in [6, 6.07) is 13.6. The SMILES string of the molecule is CC(C)Nc1ccccc1C(=O)NCCc1ccccn1. The van der Waals surface area contributed by atoms with E-state index in [9.17, 15) is 4.79 Å². The highest BCUT2D eigenvalue weighted by Gasteiger charge is 2.10. The van der Waals surface area contributed by atoms with E-state index in [1.165, 1.54) is 0 Å². The zero-order valence-electron chi connectivity index (χ0n) is 12.5. The minimum absolute atomic E-state index is 0.0605. The summed E-state index contributed by atoms with van der Waals surface area (Å²) in [7, 11) is 0. The number of hydrogen-bond acceptors (Lipinski definition) is 3. The molecule has 110 valence electrons. The molecule has 1 amide bonds. The Morgan fingerprint density at radius 3 is 2.62 bits per heavy atom. The van der Waals surface area contributed by atoms with Gasteiger partial charge in [-0.25, -0.2) is 0 Å². The molecule has 0 fully saturated rings. The third-order valence-corrected chi connectivity index (χ3v) is 3.01. The number of carbonyl (C=O) groups is 1. The number of benzene rings is 1. The van der Waals surface area contributed by atoms with Crippen LogP contribution in [0, 0.1) is 0 Å². The quantitative estimate of drug-likeness (QED) is 0.857. The fraction of sp³-hybridized carbons (Fsp3) is 0.294. The van der Waals surface area contributed by atoms with Gasteiger partial charge in [0.15, 0.2) is 0 Å². The standard InChI is InChI=1S/C17H21N3O/c1-13(2)20-16-9-4-3-8-15(16)17(21)19-12-10-14-7-5-6-11-18-14/h3-9,11,13,20H,10,12H2,1-2H3,(H,19,21). The third kappa shape index (κ3) is 4.60. The van der Waals surface area contributed by atoms with E-state index in [4.69, 9.17) is 0 Å². The molecular weight excluding hydrogens is 262 g/mol. The van der Waals surface area contributed by atoms with Crippen molar-refractivity contribution in [2.45, 2.75) is 26.3 Å². The van der Waals surface area contributed by atoms with Gasteiger partial charge in [0, 0.05) is 36.6 Å². The molecule has 2 aromatic rings. The molecule has 2 rings (SSSR count). The van der Waals surface area contributed by atoms with Gasteiger partial charge in [0.25, 0.3) is 5.91 Å². The number of amides is 1. The highest BCUT2D eigenvalue weighted by molar-refractivity contribution is 5.99. The molecule has 1 aromatic heterocycles. The fourth-order valence-corrected chi connectivity index (χ4v) is 2.06. The lowest BCUT2D eigenvalue weighted by molar-refractivity contribution is 0.0955. The van der Waals surface area contributed by atoms with Crippen molar-refractivity contribution in [2.75, 3.05) is 11.9 Å². The summed E-state index contributed by atoms with van der Waals surface area (Å²) < 4.78 is 0. The van der Waals surface area contributed by atoms with E-state index < -0.39 is 0 Å². The van der Waals surface area contributed by atoms with Crippen molar-refractivity contribution in [3.63, 3.8) is 0 Å². The maximum absolute atomic E-state index is 12.3. The summed E-state index contributed by atoms with van der Waals surface area (Å²) in [4.78, 5) is 16.5. The predicted molar refractivity (Wildman–Crippen MR) is 85.5 cm³/mol. The molecule has 0 spiro atoms. The maximum atomic E-state index is 12.3. The maximum Gasteiger partial charge on any atom is 0.253 e. The molecule has 0 aliphatic heterocycles. The molecule has 0 unspecified atom stereocenters. The van der Waals surface area contributed by atoms with Crippen molar-refractivity contribution < 1.29 is 4.79 Å². The van der Waals surface area contributed by atoms with Gasteiger partial charge in [0.2, 0.25) is 0 Å². The van der Waals surface area contributed by atoms with E-state index in [-0.39, 0.29) is 11.9 Å². The second-order valence-electron chi connectivity index (χ2n) is 5.17. The molecule has 4 heteroatoms. The van der Waals surface area contributed by atoms with E-state index in [0.717, 1.165) is 17.8 Å². The number of rotatable bonds is 6. The van der Waals surface area contributed by atoms with Crippen molar-refractivity contribution in [1.82, 2.24) is 10.3 Å². The highest BCUT2D eigenvalue weighted by atomic mass is 16.1. The monoisotopic (exact) mass is 283 g/mol. The second kappa shape index (κ2) is 7.43. The van der Waals surface area contributed by atoms with Crippen LogP contribution in [0.25, 0.3) is 0 Å². The highest BCUT2D eigenvalue weighted by Crippen LogP contribution is 2.15. The zero-order chi connectivity index (χ0) is 15.1. The Bertz CT molecular complexity index is 582. The van der Waals surface area contributed by atoms with Crippen LogP contribution in [-0.4, -0.2) is 23.5 Å². The van der Waals surface area contributed by atoms with Crippen molar-refractivity contribution in [3.8, 4) is 0 Å². The first-order valence-corrected chi connectivity index (χ1v) is 7.20. The average Bonchev–Trinajstić information content (AvgIpc) is 2.48. The molecule has 1 aromatic carbocycles. The molecule has 2 N–H and O–H groups in total. The Morgan fingerprint density at radius 1 is 1.14 bits per heavy atom. The topological polar surface area (TPSA) is 54.0 Å². The van der Waals surface area contributed by atoms with Crippen molar-refractivity contribution in [2.24, 2.45) is 0 Å². The van der Waals surface area contributed by atoms with Crippen LogP contribution in [0.15, 0.2) is 48.7 Å². The van der Waals surface area contributed by atoms with Crippen LogP contribution >= 0.6 is 0 Å². The number of pyridine rings is 1. The van der Waals surface area contributed by atoms with Gasteiger partial charge in [-0.1, -0.05) is 18.2 Å². The summed E-state index contributed by atoms with van der Waals surface area (Å²) in [6.07, 6.45) is 2.49. The van der Waals surface area contributed by atoms with Gasteiger partial charge in [0.05, 0.1) is 5.56 Å². The third-order valence-electron chi connectivity index (χ3n) is 3.01. The first-order valence-electron chi connectivity index (χ1n) is 7.20. The molecule has 0 aliphatic carbocycles. The van der Waals surface area contributed by atoms with Crippen molar-refractivity contribution in [1.29, 1.82) is 0 Å². The van der Waals surface area contributed by atoms with Gasteiger partial charge in [-0.05, 0) is 38.1 Å². The number of aromatic nitrogens is 1. The van der Waals surface area contributed by atoms with Crippen LogP contribution in [0.4, 0.5) is 5.69 Å². The molecule has 0 atom stereocenters. The van der Waals surface area contributed by atoms with E-state index in [0.29, 0.717) is 12.1 Å². The van der Waals surface area contributed by atoms with Crippen molar-refractivity contribution >= 4 is 11.6 Å². The van der Waals surface area contributed by atoms with Gasteiger partial charge in [-0.15, -0.1) is 0 Å². The van der Waals surface area contributed by atoms with Gasteiger partial charge >= 0.3 is 0 Å². The van der Waals surface area contributed by atoms with Crippen LogP contribution in [0.2, 0.25) is 0 Å². The Kier molecular flexibility index (Phi) is 5.32. The Labute approximate surface area is 125 Å². The first-order chi connectivity index (χ1) is 10.2. The number of carbonyl (C=O) groups excluding carboxylic acids is 1. The van der Waals surface area contributed by atoms with Crippen LogP contribution in [0.1, 0.15) is 29.9 Å². The largest absolute Gasteiger partial charge is 0.382 e. The normalized spacial score (nSPS) is 10.4. The summed E-state index contributed by atoms with van der Waals surface area (Å²) in [6.45, 7) is 4.68. The summed E-state index contributed by atoms with van der Waals surface area (Å²) >= 11 is 0. The fourth-order valence-electron chi connectivity index (χ4n) is 2.06. The van der Waals surface area contributed by atoms with Crippen LogP contribution < -0.4 is 10.6 Å². The molecule has 1 heterocycles. The van der Waals surface area contributed by atoms with Crippen molar-refractivity contribution in [3.05, 3.63) is 59.9 Å². The Hall–Kier alpha value is -2.36. The summed E-state index contributed by atoms with van der Waals surface area (Å²) in [5.74, 6) is -0.0605. The van der Waals surface area contributed by atoms with Gasteiger partial charge < -0.3 is 10.6 Å². The number of anilines is 1. The molecule has 0 saturated heterocycles. The van der Waals surface area contributed by atoms with Crippen LogP contribution in [-0.2, 0) is 6.42 Å². The molecule has 0 aliphatic rings.